The Balaban J connectivity index is 1.51. The van der Waals surface area contributed by atoms with Crippen LogP contribution in [0.1, 0.15) is 12.8 Å². The summed E-state index contributed by atoms with van der Waals surface area (Å²) in [5.74, 6) is 1.06. The first kappa shape index (κ1) is 13.9. The van der Waals surface area contributed by atoms with Crippen molar-refractivity contribution in [3.63, 3.8) is 0 Å². The van der Waals surface area contributed by atoms with Crippen LogP contribution < -0.4 is 10.2 Å². The Labute approximate surface area is 124 Å². The van der Waals surface area contributed by atoms with E-state index in [0.717, 1.165) is 37.4 Å². The number of aliphatic hydroxyl groups excluding tert-OH is 1. The number of nitrogens with one attached hydrogen (secondary N) is 1. The Morgan fingerprint density at radius 3 is 2.86 bits per heavy atom. The van der Waals surface area contributed by atoms with E-state index in [0.29, 0.717) is 12.6 Å². The highest BCUT2D eigenvalue weighted by Gasteiger charge is 2.20. The van der Waals surface area contributed by atoms with Gasteiger partial charge in [-0.15, -0.1) is 0 Å². The molecule has 1 aliphatic rings. The molecule has 6 nitrogen and oxygen atoms in total. The van der Waals surface area contributed by atoms with Gasteiger partial charge in [-0.05, 0) is 25.0 Å². The molecule has 2 aromatic rings. The largest absolute Gasteiger partial charge is 0.394 e. The fourth-order valence-electron chi connectivity index (χ4n) is 2.69. The smallest absolute Gasteiger partial charge is 0.128 e. The number of anilines is 2. The van der Waals surface area contributed by atoms with Crippen molar-refractivity contribution >= 4 is 11.5 Å². The van der Waals surface area contributed by atoms with Crippen LogP contribution in [0.25, 0.3) is 0 Å². The van der Waals surface area contributed by atoms with E-state index in [1.165, 1.54) is 0 Å². The molecular formula is C15H21N5O. The first-order chi connectivity index (χ1) is 10.3. The number of piperidine rings is 1. The molecular weight excluding hydrogens is 266 g/mol. The summed E-state index contributed by atoms with van der Waals surface area (Å²) < 4.78 is 1.76. The van der Waals surface area contributed by atoms with Gasteiger partial charge in [-0.1, -0.05) is 6.07 Å². The molecule has 0 bridgehead atoms. The predicted molar refractivity (Wildman–Crippen MR) is 82.4 cm³/mol. The van der Waals surface area contributed by atoms with Crippen molar-refractivity contribution in [3.05, 3.63) is 36.8 Å². The van der Waals surface area contributed by atoms with Crippen LogP contribution in [0, 0.1) is 0 Å². The molecule has 112 valence electrons. The maximum Gasteiger partial charge on any atom is 0.128 e. The van der Waals surface area contributed by atoms with E-state index in [-0.39, 0.29) is 6.61 Å². The summed E-state index contributed by atoms with van der Waals surface area (Å²) in [6, 6.07) is 6.51. The lowest BCUT2D eigenvalue weighted by Crippen LogP contribution is -2.39. The van der Waals surface area contributed by atoms with Gasteiger partial charge in [0.1, 0.15) is 5.82 Å². The molecule has 3 rings (SSSR count). The van der Waals surface area contributed by atoms with E-state index in [9.17, 15) is 0 Å². The molecule has 0 unspecified atom stereocenters. The van der Waals surface area contributed by atoms with Crippen molar-refractivity contribution in [2.45, 2.75) is 25.4 Å². The lowest BCUT2D eigenvalue weighted by atomic mass is 10.0. The monoisotopic (exact) mass is 287 g/mol. The van der Waals surface area contributed by atoms with Crippen molar-refractivity contribution in [2.24, 2.45) is 0 Å². The SMILES string of the molecule is OCCn1cc(NC2CCN(c3ccccn3)CC2)cn1. The molecule has 0 saturated carbocycles. The molecule has 21 heavy (non-hydrogen) atoms. The normalized spacial score (nSPS) is 16.1. The topological polar surface area (TPSA) is 66.2 Å². The summed E-state index contributed by atoms with van der Waals surface area (Å²) in [7, 11) is 0. The minimum Gasteiger partial charge on any atom is -0.394 e. The Kier molecular flexibility index (Phi) is 4.35. The Hall–Kier alpha value is -2.08. The number of pyridine rings is 1. The number of hydrogen-bond donors (Lipinski definition) is 2. The average molecular weight is 287 g/mol. The van der Waals surface area contributed by atoms with Crippen molar-refractivity contribution in [3.8, 4) is 0 Å². The summed E-state index contributed by atoms with van der Waals surface area (Å²) in [5.41, 5.74) is 1.03. The third-order valence-electron chi connectivity index (χ3n) is 3.80. The maximum absolute atomic E-state index is 8.90. The van der Waals surface area contributed by atoms with Crippen LogP contribution in [0.15, 0.2) is 36.8 Å². The zero-order valence-corrected chi connectivity index (χ0v) is 12.0. The molecule has 1 saturated heterocycles. The average Bonchev–Trinajstić information content (AvgIpc) is 2.97. The zero-order valence-electron chi connectivity index (χ0n) is 12.0. The second kappa shape index (κ2) is 6.58. The fraction of sp³-hybridized carbons (Fsp3) is 0.467. The van der Waals surface area contributed by atoms with Crippen molar-refractivity contribution in [1.82, 2.24) is 14.8 Å². The van der Waals surface area contributed by atoms with Gasteiger partial charge in [-0.25, -0.2) is 4.98 Å². The molecule has 3 heterocycles. The number of nitrogens with zero attached hydrogens (tertiary/aromatic N) is 4. The van der Waals surface area contributed by atoms with E-state index < -0.39 is 0 Å². The van der Waals surface area contributed by atoms with Crippen LogP contribution in [0.5, 0.6) is 0 Å². The van der Waals surface area contributed by atoms with Crippen LogP contribution in [-0.4, -0.2) is 45.6 Å². The lowest BCUT2D eigenvalue weighted by molar-refractivity contribution is 0.269. The van der Waals surface area contributed by atoms with Crippen molar-refractivity contribution in [1.29, 1.82) is 0 Å². The second-order valence-electron chi connectivity index (χ2n) is 5.31. The van der Waals surface area contributed by atoms with Gasteiger partial charge in [0.15, 0.2) is 0 Å². The molecule has 2 N–H and O–H groups in total. The molecule has 1 fully saturated rings. The van der Waals surface area contributed by atoms with Gasteiger partial charge in [0, 0.05) is 31.5 Å². The van der Waals surface area contributed by atoms with Gasteiger partial charge >= 0.3 is 0 Å². The second-order valence-corrected chi connectivity index (χ2v) is 5.31. The van der Waals surface area contributed by atoms with E-state index >= 15 is 0 Å². The Bertz CT molecular complexity index is 548. The quantitative estimate of drug-likeness (QED) is 0.869. The molecule has 0 aliphatic carbocycles. The number of rotatable bonds is 5. The van der Waals surface area contributed by atoms with E-state index in [4.69, 9.17) is 5.11 Å². The maximum atomic E-state index is 8.90. The first-order valence-electron chi connectivity index (χ1n) is 7.41. The number of hydrogen-bond acceptors (Lipinski definition) is 5. The Morgan fingerprint density at radius 1 is 1.29 bits per heavy atom. The summed E-state index contributed by atoms with van der Waals surface area (Å²) in [6.07, 6.45) is 7.78. The van der Waals surface area contributed by atoms with Crippen molar-refractivity contribution < 1.29 is 5.11 Å². The molecule has 6 heteroatoms. The van der Waals surface area contributed by atoms with Gasteiger partial charge in [-0.2, -0.15) is 5.10 Å². The third kappa shape index (κ3) is 3.52. The van der Waals surface area contributed by atoms with Crippen LogP contribution in [0.2, 0.25) is 0 Å². The highest BCUT2D eigenvalue weighted by Crippen LogP contribution is 2.20. The minimum absolute atomic E-state index is 0.115. The number of aromatic nitrogens is 3. The zero-order chi connectivity index (χ0) is 14.5. The summed E-state index contributed by atoms with van der Waals surface area (Å²) in [5, 5.41) is 16.6. The standard InChI is InChI=1S/C15H21N5O/c21-10-9-20-12-14(11-17-20)18-13-4-7-19(8-5-13)15-3-1-2-6-16-15/h1-3,6,11-13,18,21H,4-5,7-10H2. The highest BCUT2D eigenvalue weighted by atomic mass is 16.3. The lowest BCUT2D eigenvalue weighted by Gasteiger charge is -2.33. The molecule has 0 spiro atoms. The van der Waals surface area contributed by atoms with Gasteiger partial charge in [0.25, 0.3) is 0 Å². The van der Waals surface area contributed by atoms with Crippen LogP contribution >= 0.6 is 0 Å². The molecule has 0 atom stereocenters. The van der Waals surface area contributed by atoms with Crippen molar-refractivity contribution in [2.75, 3.05) is 29.9 Å². The van der Waals surface area contributed by atoms with Crippen LogP contribution in [0.4, 0.5) is 11.5 Å². The molecule has 1 aliphatic heterocycles. The van der Waals surface area contributed by atoms with Gasteiger partial charge in [0.05, 0.1) is 25.0 Å². The highest BCUT2D eigenvalue weighted by molar-refractivity contribution is 5.42. The summed E-state index contributed by atoms with van der Waals surface area (Å²) in [6.45, 7) is 2.68. The molecule has 2 aromatic heterocycles. The first-order valence-corrected chi connectivity index (χ1v) is 7.41. The predicted octanol–water partition coefficient (Wildman–Crippen LogP) is 1.35. The van der Waals surface area contributed by atoms with Crippen LogP contribution in [0.3, 0.4) is 0 Å². The fourth-order valence-corrected chi connectivity index (χ4v) is 2.69. The molecule has 0 radical (unpaired) electrons. The van der Waals surface area contributed by atoms with E-state index in [2.05, 4.69) is 26.4 Å². The number of aliphatic hydroxyl groups is 1. The van der Waals surface area contributed by atoms with E-state index in [1.54, 1.807) is 4.68 Å². The third-order valence-corrected chi connectivity index (χ3v) is 3.80. The van der Waals surface area contributed by atoms with Gasteiger partial charge in [-0.3, -0.25) is 4.68 Å². The summed E-state index contributed by atoms with van der Waals surface area (Å²) in [4.78, 5) is 6.73. The summed E-state index contributed by atoms with van der Waals surface area (Å²) >= 11 is 0. The van der Waals surface area contributed by atoms with E-state index in [1.807, 2.05) is 30.7 Å². The van der Waals surface area contributed by atoms with Gasteiger partial charge < -0.3 is 15.3 Å². The molecule has 0 amide bonds. The minimum atomic E-state index is 0.115. The Morgan fingerprint density at radius 2 is 2.14 bits per heavy atom. The van der Waals surface area contributed by atoms with Crippen LogP contribution in [-0.2, 0) is 6.54 Å². The van der Waals surface area contributed by atoms with Gasteiger partial charge in [0.2, 0.25) is 0 Å². The molecule has 0 aromatic carbocycles.